The van der Waals surface area contributed by atoms with E-state index in [-0.39, 0.29) is 5.91 Å². The molecule has 1 saturated heterocycles. The zero-order valence-electron chi connectivity index (χ0n) is 13.2. The molecular formula is C16H19N5O3. The van der Waals surface area contributed by atoms with Crippen LogP contribution in [-0.2, 0) is 0 Å². The van der Waals surface area contributed by atoms with Crippen LogP contribution in [0.5, 0.6) is 11.5 Å². The maximum absolute atomic E-state index is 12.5. The molecule has 1 amide bonds. The van der Waals surface area contributed by atoms with Gasteiger partial charge in [-0.3, -0.25) is 10.1 Å². The van der Waals surface area contributed by atoms with Crippen LogP contribution in [0.15, 0.2) is 18.2 Å². The number of hydrogen-bond acceptors (Lipinski definition) is 6. The topological polar surface area (TPSA) is 92.4 Å². The maximum atomic E-state index is 12.5. The second-order valence-corrected chi connectivity index (χ2v) is 5.82. The summed E-state index contributed by atoms with van der Waals surface area (Å²) in [6.07, 6.45) is 3.53. The Bertz CT molecular complexity index is 739. The molecule has 3 heterocycles. The number of aromatic nitrogens is 3. The van der Waals surface area contributed by atoms with Crippen molar-refractivity contribution >= 4 is 17.8 Å². The lowest BCUT2D eigenvalue weighted by Gasteiger charge is -2.24. The first-order valence-corrected chi connectivity index (χ1v) is 8.18. The first kappa shape index (κ1) is 14.8. The number of hydrogen-bond donors (Lipinski definition) is 2. The zero-order valence-corrected chi connectivity index (χ0v) is 13.2. The van der Waals surface area contributed by atoms with Gasteiger partial charge in [0.1, 0.15) is 13.2 Å². The molecule has 2 N–H and O–H groups in total. The standard InChI is InChI=1S/C16H19N5O3/c22-14(11-5-4-6-12-13(11)24-10-9-23-12)17-15-18-16(20-19-15)21-7-2-1-3-8-21/h4-6H,1-3,7-10H2,(H2,17,18,19,20,22). The highest BCUT2D eigenvalue weighted by atomic mass is 16.6. The van der Waals surface area contributed by atoms with Crippen molar-refractivity contribution in [3.8, 4) is 11.5 Å². The number of rotatable bonds is 3. The molecule has 0 aliphatic carbocycles. The number of piperidine rings is 1. The van der Waals surface area contributed by atoms with E-state index in [9.17, 15) is 4.79 Å². The number of nitrogens with one attached hydrogen (secondary N) is 2. The largest absolute Gasteiger partial charge is 0.486 e. The monoisotopic (exact) mass is 329 g/mol. The first-order valence-electron chi connectivity index (χ1n) is 8.18. The smallest absolute Gasteiger partial charge is 0.261 e. The number of aromatic amines is 1. The number of H-pyrrole nitrogens is 1. The van der Waals surface area contributed by atoms with Gasteiger partial charge in [-0.2, -0.15) is 4.98 Å². The van der Waals surface area contributed by atoms with Gasteiger partial charge in [-0.15, -0.1) is 5.10 Å². The molecule has 8 nitrogen and oxygen atoms in total. The normalized spacial score (nSPS) is 16.8. The molecule has 1 aromatic carbocycles. The van der Waals surface area contributed by atoms with Crippen LogP contribution in [0.3, 0.4) is 0 Å². The number of fused-ring (bicyclic) bond motifs is 1. The quantitative estimate of drug-likeness (QED) is 0.892. The number of carbonyl (C=O) groups is 1. The molecule has 2 aromatic rings. The zero-order chi connectivity index (χ0) is 16.4. The molecule has 0 spiro atoms. The molecule has 2 aliphatic rings. The van der Waals surface area contributed by atoms with Gasteiger partial charge >= 0.3 is 0 Å². The summed E-state index contributed by atoms with van der Waals surface area (Å²) in [6.45, 7) is 2.81. The van der Waals surface area contributed by atoms with Crippen molar-refractivity contribution in [2.45, 2.75) is 19.3 Å². The predicted octanol–water partition coefficient (Wildman–Crippen LogP) is 1.82. The molecule has 0 saturated carbocycles. The fourth-order valence-electron chi connectivity index (χ4n) is 2.97. The van der Waals surface area contributed by atoms with Gasteiger partial charge in [-0.25, -0.2) is 5.10 Å². The van der Waals surface area contributed by atoms with Crippen molar-refractivity contribution in [3.63, 3.8) is 0 Å². The summed E-state index contributed by atoms with van der Waals surface area (Å²) in [4.78, 5) is 19.0. The molecule has 8 heteroatoms. The lowest BCUT2D eigenvalue weighted by atomic mass is 10.1. The lowest BCUT2D eigenvalue weighted by Crippen LogP contribution is -2.30. The van der Waals surface area contributed by atoms with E-state index in [1.54, 1.807) is 18.2 Å². The van der Waals surface area contributed by atoms with Crippen LogP contribution in [0.25, 0.3) is 0 Å². The van der Waals surface area contributed by atoms with E-state index in [1.165, 1.54) is 6.42 Å². The van der Waals surface area contributed by atoms with Crippen molar-refractivity contribution in [2.24, 2.45) is 0 Å². The average Bonchev–Trinajstić information content (AvgIpc) is 3.10. The Kier molecular flexibility index (Phi) is 3.94. The van der Waals surface area contributed by atoms with E-state index < -0.39 is 0 Å². The van der Waals surface area contributed by atoms with Crippen molar-refractivity contribution in [2.75, 3.05) is 36.5 Å². The molecule has 0 bridgehead atoms. The average molecular weight is 329 g/mol. The fourth-order valence-corrected chi connectivity index (χ4v) is 2.97. The van der Waals surface area contributed by atoms with E-state index in [2.05, 4.69) is 25.4 Å². The first-order chi connectivity index (χ1) is 11.8. The molecule has 0 unspecified atom stereocenters. The molecule has 0 atom stereocenters. The number of benzene rings is 1. The molecule has 1 fully saturated rings. The lowest BCUT2D eigenvalue weighted by molar-refractivity contribution is 0.101. The fraction of sp³-hybridized carbons (Fsp3) is 0.438. The molecule has 2 aliphatic heterocycles. The Morgan fingerprint density at radius 1 is 1.17 bits per heavy atom. The molecule has 1 aromatic heterocycles. The molecule has 24 heavy (non-hydrogen) atoms. The van der Waals surface area contributed by atoms with Crippen molar-refractivity contribution < 1.29 is 14.3 Å². The third kappa shape index (κ3) is 2.86. The Balaban J connectivity index is 1.49. The summed E-state index contributed by atoms with van der Waals surface area (Å²) in [7, 11) is 0. The summed E-state index contributed by atoms with van der Waals surface area (Å²) in [5.74, 6) is 1.70. The van der Waals surface area contributed by atoms with E-state index in [1.807, 2.05) is 0 Å². The number of nitrogens with zero attached hydrogens (tertiary/aromatic N) is 3. The molecule has 0 radical (unpaired) electrons. The molecular weight excluding hydrogens is 310 g/mol. The number of para-hydroxylation sites is 1. The van der Waals surface area contributed by atoms with Gasteiger partial charge in [0.15, 0.2) is 11.5 Å². The summed E-state index contributed by atoms with van der Waals surface area (Å²) >= 11 is 0. The minimum atomic E-state index is -0.307. The van der Waals surface area contributed by atoms with Gasteiger partial charge in [-0.05, 0) is 31.4 Å². The highest BCUT2D eigenvalue weighted by Gasteiger charge is 2.22. The van der Waals surface area contributed by atoms with Gasteiger partial charge in [0.05, 0.1) is 5.56 Å². The highest BCUT2D eigenvalue weighted by Crippen LogP contribution is 2.33. The number of carbonyl (C=O) groups excluding carboxylic acids is 1. The predicted molar refractivity (Wildman–Crippen MR) is 87.8 cm³/mol. The van der Waals surface area contributed by atoms with E-state index in [0.717, 1.165) is 25.9 Å². The maximum Gasteiger partial charge on any atom is 0.261 e. The van der Waals surface area contributed by atoms with E-state index >= 15 is 0 Å². The SMILES string of the molecule is O=C(Nc1nc(N2CCCCC2)n[nH]1)c1cccc2c1OCCO2. The van der Waals surface area contributed by atoms with Crippen LogP contribution in [0.2, 0.25) is 0 Å². The third-order valence-corrected chi connectivity index (χ3v) is 4.16. The number of amides is 1. The van der Waals surface area contributed by atoms with Gasteiger partial charge in [0, 0.05) is 13.1 Å². The third-order valence-electron chi connectivity index (χ3n) is 4.16. The Hall–Kier alpha value is -2.77. The Morgan fingerprint density at radius 3 is 2.88 bits per heavy atom. The van der Waals surface area contributed by atoms with Crippen LogP contribution >= 0.6 is 0 Å². The molecule has 4 rings (SSSR count). The van der Waals surface area contributed by atoms with Crippen molar-refractivity contribution in [1.82, 2.24) is 15.2 Å². The number of anilines is 2. The van der Waals surface area contributed by atoms with Crippen LogP contribution < -0.4 is 19.7 Å². The van der Waals surface area contributed by atoms with E-state index in [4.69, 9.17) is 9.47 Å². The van der Waals surface area contributed by atoms with Crippen LogP contribution in [0.4, 0.5) is 11.9 Å². The summed E-state index contributed by atoms with van der Waals surface area (Å²) in [5, 5.41) is 9.71. The second kappa shape index (κ2) is 6.38. The number of ether oxygens (including phenoxy) is 2. The minimum Gasteiger partial charge on any atom is -0.486 e. The molecule has 126 valence electrons. The van der Waals surface area contributed by atoms with Gasteiger partial charge in [0.25, 0.3) is 5.91 Å². The summed E-state index contributed by atoms with van der Waals surface area (Å²) in [6, 6.07) is 5.25. The van der Waals surface area contributed by atoms with Gasteiger partial charge in [0.2, 0.25) is 11.9 Å². The minimum absolute atomic E-state index is 0.307. The summed E-state index contributed by atoms with van der Waals surface area (Å²) < 4.78 is 11.1. The van der Waals surface area contributed by atoms with Crippen LogP contribution in [0, 0.1) is 0 Å². The summed E-state index contributed by atoms with van der Waals surface area (Å²) in [5.41, 5.74) is 0.420. The van der Waals surface area contributed by atoms with E-state index in [0.29, 0.717) is 42.2 Å². The van der Waals surface area contributed by atoms with Gasteiger partial charge < -0.3 is 14.4 Å². The highest BCUT2D eigenvalue weighted by molar-refractivity contribution is 6.06. The van der Waals surface area contributed by atoms with Crippen LogP contribution in [0.1, 0.15) is 29.6 Å². The van der Waals surface area contributed by atoms with Crippen molar-refractivity contribution in [3.05, 3.63) is 23.8 Å². The van der Waals surface area contributed by atoms with Gasteiger partial charge in [-0.1, -0.05) is 6.07 Å². The Morgan fingerprint density at radius 2 is 2.00 bits per heavy atom. The second-order valence-electron chi connectivity index (χ2n) is 5.82. The van der Waals surface area contributed by atoms with Crippen LogP contribution in [-0.4, -0.2) is 47.4 Å². The Labute approximate surface area is 139 Å². The van der Waals surface area contributed by atoms with Crippen molar-refractivity contribution in [1.29, 1.82) is 0 Å².